The number of amides is 2. The number of aromatic amines is 1. The Bertz CT molecular complexity index is 1620. The van der Waals surface area contributed by atoms with Crippen LogP contribution in [0.3, 0.4) is 0 Å². The second-order valence-corrected chi connectivity index (χ2v) is 9.27. The molecule has 1 aliphatic rings. The minimum atomic E-state index is -1.13. The number of H-pyrrole nitrogens is 1. The number of carbonyl (C=O) groups is 2. The molecule has 1 aliphatic carbocycles. The Hall–Kier alpha value is -4.78. The highest BCUT2D eigenvalue weighted by Crippen LogP contribution is 2.47. The van der Waals surface area contributed by atoms with Crippen LogP contribution < -0.4 is 10.6 Å². The van der Waals surface area contributed by atoms with E-state index in [1.54, 1.807) is 6.07 Å². The first-order valence-electron chi connectivity index (χ1n) is 12.0. The fourth-order valence-corrected chi connectivity index (χ4v) is 4.51. The molecule has 2 heterocycles. The Morgan fingerprint density at radius 1 is 0.784 bits per heavy atom. The van der Waals surface area contributed by atoms with Crippen molar-refractivity contribution < 1.29 is 14.0 Å². The van der Waals surface area contributed by atoms with Crippen molar-refractivity contribution in [3.05, 3.63) is 103 Å². The standard InChI is InChI=1S/C30H23FN4O2/c31-22-9-11-23(12-10-22)34-28(36)30(13-14-30)29(37)35-24-8-4-7-20(15-24)26-18-33-27-25(26)16-21(17-32-27)19-5-2-1-3-6-19/h1-12,15-18H,13-14H2,(H,32,33)(H,34,36)(H,35,37). The first-order valence-corrected chi connectivity index (χ1v) is 12.0. The van der Waals surface area contributed by atoms with E-state index < -0.39 is 5.41 Å². The predicted octanol–water partition coefficient (Wildman–Crippen LogP) is 6.39. The van der Waals surface area contributed by atoms with E-state index in [0.29, 0.717) is 24.2 Å². The van der Waals surface area contributed by atoms with Gasteiger partial charge in [-0.2, -0.15) is 0 Å². The zero-order chi connectivity index (χ0) is 25.4. The second kappa shape index (κ2) is 9.02. The van der Waals surface area contributed by atoms with Crippen molar-refractivity contribution in [1.82, 2.24) is 9.97 Å². The number of pyridine rings is 1. The second-order valence-electron chi connectivity index (χ2n) is 9.27. The average molecular weight is 491 g/mol. The highest BCUT2D eigenvalue weighted by molar-refractivity contribution is 6.17. The van der Waals surface area contributed by atoms with E-state index in [4.69, 9.17) is 0 Å². The van der Waals surface area contributed by atoms with Crippen molar-refractivity contribution in [2.75, 3.05) is 10.6 Å². The molecule has 182 valence electrons. The maximum Gasteiger partial charge on any atom is 0.240 e. The van der Waals surface area contributed by atoms with Gasteiger partial charge in [0.1, 0.15) is 16.9 Å². The molecule has 0 unspecified atom stereocenters. The van der Waals surface area contributed by atoms with Gasteiger partial charge in [0.15, 0.2) is 0 Å². The van der Waals surface area contributed by atoms with E-state index in [9.17, 15) is 14.0 Å². The quantitative estimate of drug-likeness (QED) is 0.241. The lowest BCUT2D eigenvalue weighted by Crippen LogP contribution is -2.35. The Morgan fingerprint density at radius 3 is 2.22 bits per heavy atom. The SMILES string of the molecule is O=C(Nc1ccc(F)cc1)C1(C(=O)Nc2cccc(-c3c[nH]c4ncc(-c5ccccc5)cc34)c2)CC1. The summed E-state index contributed by atoms with van der Waals surface area (Å²) in [4.78, 5) is 33.8. The lowest BCUT2D eigenvalue weighted by molar-refractivity contribution is -0.131. The summed E-state index contributed by atoms with van der Waals surface area (Å²) in [6.07, 6.45) is 4.68. The van der Waals surface area contributed by atoms with Gasteiger partial charge >= 0.3 is 0 Å². The van der Waals surface area contributed by atoms with Crippen LogP contribution in [0.4, 0.5) is 15.8 Å². The van der Waals surface area contributed by atoms with Gasteiger partial charge in [-0.15, -0.1) is 0 Å². The van der Waals surface area contributed by atoms with E-state index in [1.165, 1.54) is 24.3 Å². The maximum absolute atomic E-state index is 13.2. The number of halogens is 1. The molecule has 6 nitrogen and oxygen atoms in total. The highest BCUT2D eigenvalue weighted by Gasteiger charge is 2.56. The van der Waals surface area contributed by atoms with Crippen LogP contribution in [0, 0.1) is 11.2 Å². The third-order valence-electron chi connectivity index (χ3n) is 6.79. The largest absolute Gasteiger partial charge is 0.346 e. The molecule has 3 N–H and O–H groups in total. The fraction of sp³-hybridized carbons (Fsp3) is 0.100. The number of benzene rings is 3. The highest BCUT2D eigenvalue weighted by atomic mass is 19.1. The van der Waals surface area contributed by atoms with Crippen LogP contribution in [0.25, 0.3) is 33.3 Å². The summed E-state index contributed by atoms with van der Waals surface area (Å²) in [7, 11) is 0. The van der Waals surface area contributed by atoms with Crippen LogP contribution in [-0.4, -0.2) is 21.8 Å². The fourth-order valence-electron chi connectivity index (χ4n) is 4.51. The van der Waals surface area contributed by atoms with Gasteiger partial charge in [0.25, 0.3) is 0 Å². The molecule has 1 saturated carbocycles. The van der Waals surface area contributed by atoms with Crippen LogP contribution in [0.5, 0.6) is 0 Å². The number of fused-ring (bicyclic) bond motifs is 1. The zero-order valence-corrected chi connectivity index (χ0v) is 19.8. The molecule has 2 aromatic heterocycles. The summed E-state index contributed by atoms with van der Waals surface area (Å²) in [6, 6.07) is 25.2. The molecule has 0 saturated heterocycles. The summed E-state index contributed by atoms with van der Waals surface area (Å²) >= 11 is 0. The molecule has 3 aromatic carbocycles. The van der Waals surface area contributed by atoms with Gasteiger partial charge in [-0.3, -0.25) is 9.59 Å². The number of nitrogens with one attached hydrogen (secondary N) is 3. The van der Waals surface area contributed by atoms with Gasteiger partial charge in [-0.25, -0.2) is 9.37 Å². The Kier molecular flexibility index (Phi) is 5.53. The van der Waals surface area contributed by atoms with Gasteiger partial charge in [-0.05, 0) is 66.4 Å². The topological polar surface area (TPSA) is 86.9 Å². The van der Waals surface area contributed by atoms with Crippen LogP contribution in [-0.2, 0) is 9.59 Å². The van der Waals surface area contributed by atoms with E-state index in [-0.39, 0.29) is 17.6 Å². The van der Waals surface area contributed by atoms with Crippen molar-refractivity contribution in [1.29, 1.82) is 0 Å². The van der Waals surface area contributed by atoms with Crippen LogP contribution >= 0.6 is 0 Å². The molecule has 7 heteroatoms. The zero-order valence-electron chi connectivity index (χ0n) is 19.8. The molecule has 0 atom stereocenters. The molecular weight excluding hydrogens is 467 g/mol. The summed E-state index contributed by atoms with van der Waals surface area (Å²) in [5, 5.41) is 6.63. The van der Waals surface area contributed by atoms with Crippen molar-refractivity contribution in [2.24, 2.45) is 5.41 Å². The molecule has 0 spiro atoms. The molecule has 0 aliphatic heterocycles. The summed E-state index contributed by atoms with van der Waals surface area (Å²) in [5.74, 6) is -1.13. The Labute approximate surface area is 212 Å². The summed E-state index contributed by atoms with van der Waals surface area (Å²) in [6.45, 7) is 0. The Morgan fingerprint density at radius 2 is 1.49 bits per heavy atom. The molecule has 37 heavy (non-hydrogen) atoms. The average Bonchev–Trinajstić information content (AvgIpc) is 3.64. The predicted molar refractivity (Wildman–Crippen MR) is 142 cm³/mol. The maximum atomic E-state index is 13.2. The third-order valence-corrected chi connectivity index (χ3v) is 6.79. The van der Waals surface area contributed by atoms with Gasteiger partial charge in [0.05, 0.1) is 0 Å². The van der Waals surface area contributed by atoms with E-state index in [0.717, 1.165) is 33.3 Å². The number of anilines is 2. The lowest BCUT2D eigenvalue weighted by Gasteiger charge is -2.16. The van der Waals surface area contributed by atoms with Gasteiger partial charge in [-0.1, -0.05) is 42.5 Å². The summed E-state index contributed by atoms with van der Waals surface area (Å²) < 4.78 is 13.2. The lowest BCUT2D eigenvalue weighted by atomic mass is 10.0. The minimum absolute atomic E-state index is 0.351. The third kappa shape index (κ3) is 4.36. The van der Waals surface area contributed by atoms with Gasteiger partial charge in [0, 0.05) is 40.3 Å². The van der Waals surface area contributed by atoms with Gasteiger partial charge < -0.3 is 15.6 Å². The summed E-state index contributed by atoms with van der Waals surface area (Å²) in [5.41, 5.74) is 4.68. The normalized spacial score (nSPS) is 13.8. The minimum Gasteiger partial charge on any atom is -0.346 e. The van der Waals surface area contributed by atoms with Crippen LogP contribution in [0.2, 0.25) is 0 Å². The number of nitrogens with zero attached hydrogens (tertiary/aromatic N) is 1. The van der Waals surface area contributed by atoms with E-state index in [2.05, 4.69) is 26.7 Å². The van der Waals surface area contributed by atoms with E-state index >= 15 is 0 Å². The molecule has 0 radical (unpaired) electrons. The number of rotatable bonds is 6. The molecular formula is C30H23FN4O2. The molecule has 0 bridgehead atoms. The van der Waals surface area contributed by atoms with Crippen LogP contribution in [0.1, 0.15) is 12.8 Å². The van der Waals surface area contributed by atoms with Crippen molar-refractivity contribution in [2.45, 2.75) is 12.8 Å². The number of hydrogen-bond donors (Lipinski definition) is 3. The van der Waals surface area contributed by atoms with E-state index in [1.807, 2.05) is 60.9 Å². The van der Waals surface area contributed by atoms with Crippen molar-refractivity contribution >= 4 is 34.2 Å². The van der Waals surface area contributed by atoms with Gasteiger partial charge in [0.2, 0.25) is 11.8 Å². The number of carbonyl (C=O) groups excluding carboxylic acids is 2. The van der Waals surface area contributed by atoms with Crippen molar-refractivity contribution in [3.63, 3.8) is 0 Å². The Balaban J connectivity index is 1.23. The molecule has 1 fully saturated rings. The first-order chi connectivity index (χ1) is 18.0. The first kappa shape index (κ1) is 22.7. The van der Waals surface area contributed by atoms with Crippen LogP contribution in [0.15, 0.2) is 97.3 Å². The monoisotopic (exact) mass is 490 g/mol. The molecule has 2 amide bonds. The smallest absolute Gasteiger partial charge is 0.240 e. The van der Waals surface area contributed by atoms with Crippen molar-refractivity contribution in [3.8, 4) is 22.3 Å². The molecule has 6 rings (SSSR count). The number of hydrogen-bond acceptors (Lipinski definition) is 3. The number of aromatic nitrogens is 2. The molecule has 5 aromatic rings.